The number of nitrogens with one attached hydrogen (secondary N) is 2. The van der Waals surface area contributed by atoms with Gasteiger partial charge in [0.25, 0.3) is 11.8 Å². The first-order chi connectivity index (χ1) is 11.1. The molecule has 23 heavy (non-hydrogen) atoms. The first-order valence-corrected chi connectivity index (χ1v) is 6.80. The van der Waals surface area contributed by atoms with E-state index >= 15 is 0 Å². The number of ether oxygens (including phenoxy) is 1. The van der Waals surface area contributed by atoms with Crippen LogP contribution >= 0.6 is 0 Å². The van der Waals surface area contributed by atoms with Gasteiger partial charge in [-0.05, 0) is 42.0 Å². The number of carbonyl (C=O) groups is 2. The fourth-order valence-corrected chi connectivity index (χ4v) is 1.90. The Balaban J connectivity index is 2.17. The van der Waals surface area contributed by atoms with Crippen LogP contribution in [0.3, 0.4) is 0 Å². The molecule has 2 aromatic carbocycles. The minimum Gasteiger partial charge on any atom is -0.497 e. The van der Waals surface area contributed by atoms with Crippen molar-refractivity contribution in [2.45, 2.75) is 0 Å². The fraction of sp³-hybridized carbons (Fsp3) is 0.0588. The average Bonchev–Trinajstić information content (AvgIpc) is 2.60. The highest BCUT2D eigenvalue weighted by Crippen LogP contribution is 2.18. The van der Waals surface area contributed by atoms with Gasteiger partial charge in [0.1, 0.15) is 5.75 Å². The molecule has 118 valence electrons. The third-order valence-electron chi connectivity index (χ3n) is 3.09. The van der Waals surface area contributed by atoms with Crippen molar-refractivity contribution in [2.75, 3.05) is 12.4 Å². The van der Waals surface area contributed by atoms with Crippen LogP contribution in [0.5, 0.6) is 5.75 Å². The molecule has 3 N–H and O–H groups in total. The molecule has 0 heterocycles. The minimum atomic E-state index is -0.652. The number of benzene rings is 2. The van der Waals surface area contributed by atoms with E-state index in [1.807, 2.05) is 0 Å². The SMILES string of the molecule is COc1ccc(C(=O)Nc2ccccc2C=CC(=O)NO)cc1. The molecule has 0 aliphatic carbocycles. The zero-order valence-electron chi connectivity index (χ0n) is 12.4. The van der Waals surface area contributed by atoms with E-state index < -0.39 is 5.91 Å². The molecule has 0 saturated carbocycles. The van der Waals surface area contributed by atoms with Gasteiger partial charge >= 0.3 is 0 Å². The van der Waals surface area contributed by atoms with Crippen LogP contribution in [-0.4, -0.2) is 24.1 Å². The molecular formula is C17H16N2O4. The van der Waals surface area contributed by atoms with Crippen molar-refractivity contribution in [3.05, 3.63) is 65.7 Å². The van der Waals surface area contributed by atoms with Crippen LogP contribution in [0, 0.1) is 0 Å². The highest BCUT2D eigenvalue weighted by Gasteiger charge is 2.08. The Hall–Kier alpha value is -3.12. The number of hydroxylamine groups is 1. The third-order valence-corrected chi connectivity index (χ3v) is 3.09. The summed E-state index contributed by atoms with van der Waals surface area (Å²) in [5, 5.41) is 11.3. The molecule has 0 aliphatic rings. The van der Waals surface area contributed by atoms with E-state index in [2.05, 4.69) is 5.32 Å². The van der Waals surface area contributed by atoms with Gasteiger partial charge < -0.3 is 10.1 Å². The Morgan fingerprint density at radius 3 is 2.43 bits per heavy atom. The summed E-state index contributed by atoms with van der Waals surface area (Å²) in [6, 6.07) is 13.7. The second-order valence-electron chi connectivity index (χ2n) is 4.58. The molecule has 0 atom stereocenters. The van der Waals surface area contributed by atoms with Crippen molar-refractivity contribution in [1.82, 2.24) is 5.48 Å². The van der Waals surface area contributed by atoms with Crippen LogP contribution in [0.2, 0.25) is 0 Å². The minimum absolute atomic E-state index is 0.278. The lowest BCUT2D eigenvalue weighted by atomic mass is 10.1. The molecule has 0 aliphatic heterocycles. The standard InChI is InChI=1S/C17H16N2O4/c1-23-14-9-6-13(7-10-14)17(21)18-15-5-3-2-4-12(15)8-11-16(20)19-22/h2-11,22H,1H3,(H,18,21)(H,19,20). The molecule has 2 rings (SSSR count). The Bertz CT molecular complexity index is 724. The third kappa shape index (κ3) is 4.42. The van der Waals surface area contributed by atoms with Crippen molar-refractivity contribution >= 4 is 23.6 Å². The van der Waals surface area contributed by atoms with Crippen LogP contribution in [0.4, 0.5) is 5.69 Å². The predicted octanol–water partition coefficient (Wildman–Crippen LogP) is 2.47. The number of methoxy groups -OCH3 is 1. The lowest BCUT2D eigenvalue weighted by Gasteiger charge is -2.09. The summed E-state index contributed by atoms with van der Waals surface area (Å²) in [5.74, 6) is -0.263. The molecule has 0 aromatic heterocycles. The Kier molecular flexibility index (Phi) is 5.49. The first kappa shape index (κ1) is 16.3. The maximum Gasteiger partial charge on any atom is 0.267 e. The van der Waals surface area contributed by atoms with Crippen molar-refractivity contribution in [1.29, 1.82) is 0 Å². The molecule has 0 fully saturated rings. The number of hydrogen-bond acceptors (Lipinski definition) is 4. The van der Waals surface area contributed by atoms with E-state index in [0.717, 1.165) is 0 Å². The molecule has 2 aromatic rings. The number of rotatable bonds is 5. The molecule has 0 radical (unpaired) electrons. The van der Waals surface area contributed by atoms with Gasteiger partial charge in [0.2, 0.25) is 0 Å². The van der Waals surface area contributed by atoms with Gasteiger partial charge in [0.05, 0.1) is 7.11 Å². The Labute approximate surface area is 133 Å². The normalized spacial score (nSPS) is 10.3. The second kappa shape index (κ2) is 7.77. The second-order valence-corrected chi connectivity index (χ2v) is 4.58. The van der Waals surface area contributed by atoms with Crippen LogP contribution in [-0.2, 0) is 4.79 Å². The molecule has 0 unspecified atom stereocenters. The number of carbonyl (C=O) groups excluding carboxylic acids is 2. The number of amides is 2. The first-order valence-electron chi connectivity index (χ1n) is 6.80. The largest absolute Gasteiger partial charge is 0.497 e. The molecule has 0 spiro atoms. The highest BCUT2D eigenvalue weighted by atomic mass is 16.5. The summed E-state index contributed by atoms with van der Waals surface area (Å²) in [7, 11) is 1.56. The van der Waals surface area contributed by atoms with Gasteiger partial charge in [-0.3, -0.25) is 14.8 Å². The molecule has 0 saturated heterocycles. The van der Waals surface area contributed by atoms with E-state index in [1.165, 1.54) is 17.6 Å². The predicted molar refractivity (Wildman–Crippen MR) is 86.4 cm³/mol. The van der Waals surface area contributed by atoms with Crippen LogP contribution in [0.15, 0.2) is 54.6 Å². The van der Waals surface area contributed by atoms with Gasteiger partial charge in [0, 0.05) is 17.3 Å². The summed E-state index contributed by atoms with van der Waals surface area (Å²) in [5.41, 5.74) is 3.18. The lowest BCUT2D eigenvalue weighted by Crippen LogP contribution is -2.15. The monoisotopic (exact) mass is 312 g/mol. The molecule has 0 bridgehead atoms. The van der Waals surface area contributed by atoms with Gasteiger partial charge in [-0.1, -0.05) is 18.2 Å². The summed E-state index contributed by atoms with van der Waals surface area (Å²) in [6.45, 7) is 0. The van der Waals surface area contributed by atoms with Crippen molar-refractivity contribution < 1.29 is 19.5 Å². The zero-order chi connectivity index (χ0) is 16.7. The zero-order valence-corrected chi connectivity index (χ0v) is 12.4. The summed E-state index contributed by atoms with van der Waals surface area (Å²) in [4.78, 5) is 23.3. The van der Waals surface area contributed by atoms with E-state index in [4.69, 9.17) is 9.94 Å². The van der Waals surface area contributed by atoms with Crippen LogP contribution < -0.4 is 15.5 Å². The summed E-state index contributed by atoms with van der Waals surface area (Å²) < 4.78 is 5.05. The van der Waals surface area contributed by atoms with Crippen molar-refractivity contribution in [2.24, 2.45) is 0 Å². The molecule has 6 nitrogen and oxygen atoms in total. The number of anilines is 1. The molecular weight excluding hydrogens is 296 g/mol. The van der Waals surface area contributed by atoms with E-state index in [1.54, 1.807) is 55.6 Å². The topological polar surface area (TPSA) is 87.7 Å². The van der Waals surface area contributed by atoms with Crippen LogP contribution in [0.25, 0.3) is 6.08 Å². The lowest BCUT2D eigenvalue weighted by molar-refractivity contribution is -0.124. The van der Waals surface area contributed by atoms with Crippen molar-refractivity contribution in [3.8, 4) is 5.75 Å². The summed E-state index contributed by atoms with van der Waals surface area (Å²) in [6.07, 6.45) is 2.66. The highest BCUT2D eigenvalue weighted by molar-refractivity contribution is 6.05. The van der Waals surface area contributed by atoms with E-state index in [-0.39, 0.29) is 5.91 Å². The summed E-state index contributed by atoms with van der Waals surface area (Å²) >= 11 is 0. The quantitative estimate of drug-likeness (QED) is 0.449. The average molecular weight is 312 g/mol. The van der Waals surface area contributed by atoms with E-state index in [9.17, 15) is 9.59 Å². The Morgan fingerprint density at radius 2 is 1.78 bits per heavy atom. The maximum absolute atomic E-state index is 12.3. The molecule has 2 amide bonds. The number of para-hydroxylation sites is 1. The van der Waals surface area contributed by atoms with Gasteiger partial charge in [-0.25, -0.2) is 5.48 Å². The smallest absolute Gasteiger partial charge is 0.267 e. The number of hydrogen-bond donors (Lipinski definition) is 3. The van der Waals surface area contributed by atoms with Gasteiger partial charge in [0.15, 0.2) is 0 Å². The van der Waals surface area contributed by atoms with Gasteiger partial charge in [-0.15, -0.1) is 0 Å². The molecule has 6 heteroatoms. The Morgan fingerprint density at radius 1 is 1.09 bits per heavy atom. The fourth-order valence-electron chi connectivity index (χ4n) is 1.90. The van der Waals surface area contributed by atoms with E-state index in [0.29, 0.717) is 22.6 Å². The van der Waals surface area contributed by atoms with Crippen molar-refractivity contribution in [3.63, 3.8) is 0 Å². The van der Waals surface area contributed by atoms with Crippen LogP contribution in [0.1, 0.15) is 15.9 Å². The van der Waals surface area contributed by atoms with Gasteiger partial charge in [-0.2, -0.15) is 0 Å². The maximum atomic E-state index is 12.3.